The molecule has 30 heavy (non-hydrogen) atoms. The zero-order valence-corrected chi connectivity index (χ0v) is 19.4. The van der Waals surface area contributed by atoms with Gasteiger partial charge in [0.2, 0.25) is 0 Å². The molecule has 0 saturated carbocycles. The molecule has 1 aliphatic rings. The third-order valence-electron chi connectivity index (χ3n) is 4.01. The lowest BCUT2D eigenvalue weighted by Crippen LogP contribution is -2.20. The highest BCUT2D eigenvalue weighted by atomic mass is 79.9. The molecule has 1 saturated heterocycles. The van der Waals surface area contributed by atoms with Crippen molar-refractivity contribution in [1.82, 2.24) is 10.2 Å². The lowest BCUT2D eigenvalue weighted by molar-refractivity contribution is -0.120. The van der Waals surface area contributed by atoms with Crippen LogP contribution in [-0.2, 0) is 16.0 Å². The normalized spacial score (nSPS) is 17.6. The van der Waals surface area contributed by atoms with E-state index in [1.54, 1.807) is 18.2 Å². The zero-order valence-electron chi connectivity index (χ0n) is 16.2. The molecule has 0 radical (unpaired) electrons. The summed E-state index contributed by atoms with van der Waals surface area (Å²) in [4.78, 5) is 24.4. The number of benzene rings is 1. The van der Waals surface area contributed by atoms with Crippen molar-refractivity contribution in [2.75, 3.05) is 13.2 Å². The first-order valence-electron chi connectivity index (χ1n) is 9.05. The van der Waals surface area contributed by atoms with E-state index in [4.69, 9.17) is 20.6 Å². The fourth-order valence-corrected chi connectivity index (χ4v) is 5.24. The summed E-state index contributed by atoms with van der Waals surface area (Å²) in [6, 6.07) is 3.46. The molecule has 1 fully saturated rings. The average Bonchev–Trinajstić information content (AvgIpc) is 3.25. The number of aromatic nitrogens is 2. The monoisotopic (exact) mass is 510 g/mol. The van der Waals surface area contributed by atoms with E-state index in [-0.39, 0.29) is 17.4 Å². The molecular formula is C19H19BrN4O4S2. The van der Waals surface area contributed by atoms with Crippen molar-refractivity contribution in [3.8, 4) is 11.5 Å². The van der Waals surface area contributed by atoms with Crippen molar-refractivity contribution in [3.63, 3.8) is 0 Å². The molecule has 3 N–H and O–H groups in total. The number of rotatable bonds is 8. The van der Waals surface area contributed by atoms with Crippen LogP contribution in [0.25, 0.3) is 6.08 Å². The number of allylic oxidation sites excluding steroid dienone is 1. The van der Waals surface area contributed by atoms with Crippen molar-refractivity contribution in [3.05, 3.63) is 37.1 Å². The van der Waals surface area contributed by atoms with Crippen molar-refractivity contribution in [2.45, 2.75) is 26.2 Å². The van der Waals surface area contributed by atoms with Gasteiger partial charge in [-0.3, -0.25) is 15.0 Å². The lowest BCUT2D eigenvalue weighted by Gasteiger charge is -2.14. The average molecular weight is 511 g/mol. The number of halogens is 1. The molecule has 1 aromatic heterocycles. The Morgan fingerprint density at radius 1 is 1.33 bits per heavy atom. The summed E-state index contributed by atoms with van der Waals surface area (Å²) in [5, 5.41) is 18.0. The number of nitrogens with two attached hydrogens (primary N) is 1. The third kappa shape index (κ3) is 4.90. The van der Waals surface area contributed by atoms with Crippen LogP contribution in [0.5, 0.6) is 11.5 Å². The van der Waals surface area contributed by atoms with Crippen molar-refractivity contribution >= 4 is 61.8 Å². The summed E-state index contributed by atoms with van der Waals surface area (Å²) >= 11 is 5.89. The standard InChI is InChI=1S/C19H19BrN4O4S2/c1-3-14-23-24-19(30-14)15-16(26)12(29-18(15)22)7-9-5-10(20)17(28-8-13(21)25)11(6-9)27-4-2/h5-7,15,22H,3-4,8H2,1-2H3,(H2,21,25)/b12-7-,22-18?/t15-/m0/s1. The minimum Gasteiger partial charge on any atom is -0.490 e. The maximum absolute atomic E-state index is 12.9. The summed E-state index contributed by atoms with van der Waals surface area (Å²) in [6.45, 7) is 3.90. The van der Waals surface area contributed by atoms with E-state index < -0.39 is 11.8 Å². The van der Waals surface area contributed by atoms with Crippen LogP contribution < -0.4 is 15.2 Å². The maximum Gasteiger partial charge on any atom is 0.255 e. The van der Waals surface area contributed by atoms with Gasteiger partial charge in [-0.05, 0) is 53.0 Å². The fraction of sp³-hybridized carbons (Fsp3) is 0.316. The van der Waals surface area contributed by atoms with Crippen molar-refractivity contribution in [2.24, 2.45) is 5.73 Å². The Kier molecular flexibility index (Phi) is 7.27. The second-order valence-corrected chi connectivity index (χ2v) is 9.21. The van der Waals surface area contributed by atoms with Gasteiger partial charge in [-0.25, -0.2) is 0 Å². The molecule has 3 rings (SSSR count). The molecular weight excluding hydrogens is 492 g/mol. The Bertz CT molecular complexity index is 1040. The zero-order chi connectivity index (χ0) is 21.8. The number of aryl methyl sites for hydroxylation is 1. The molecule has 0 unspecified atom stereocenters. The van der Waals surface area contributed by atoms with E-state index in [0.29, 0.717) is 38.1 Å². The summed E-state index contributed by atoms with van der Waals surface area (Å²) in [5.74, 6) is -0.705. The number of nitrogens with one attached hydrogen (secondary N) is 1. The largest absolute Gasteiger partial charge is 0.490 e. The quantitative estimate of drug-likeness (QED) is 0.519. The first-order chi connectivity index (χ1) is 14.3. The molecule has 0 spiro atoms. The predicted octanol–water partition coefficient (Wildman–Crippen LogP) is 3.54. The van der Waals surface area contributed by atoms with Crippen LogP contribution >= 0.6 is 39.0 Å². The molecule has 8 nitrogen and oxygen atoms in total. The summed E-state index contributed by atoms with van der Waals surface area (Å²) in [5.41, 5.74) is 5.84. The number of primary amides is 1. The number of carbonyl (C=O) groups is 2. The van der Waals surface area contributed by atoms with E-state index in [9.17, 15) is 9.59 Å². The van der Waals surface area contributed by atoms with Crippen molar-refractivity contribution in [1.29, 1.82) is 5.41 Å². The van der Waals surface area contributed by atoms with Gasteiger partial charge in [0.05, 0.1) is 21.0 Å². The highest BCUT2D eigenvalue weighted by molar-refractivity contribution is 9.10. The van der Waals surface area contributed by atoms with Gasteiger partial charge in [0, 0.05) is 0 Å². The number of amides is 1. The van der Waals surface area contributed by atoms with Gasteiger partial charge in [-0.15, -0.1) is 21.5 Å². The first kappa shape index (κ1) is 22.4. The van der Waals surface area contributed by atoms with Crippen LogP contribution in [0, 0.1) is 5.41 Å². The van der Waals surface area contributed by atoms with Crippen molar-refractivity contribution < 1.29 is 19.1 Å². The van der Waals surface area contributed by atoms with E-state index in [1.165, 1.54) is 11.3 Å². The number of ketones is 1. The number of hydrogen-bond acceptors (Lipinski definition) is 9. The van der Waals surface area contributed by atoms with Crippen LogP contribution in [-0.4, -0.2) is 40.1 Å². The van der Waals surface area contributed by atoms with Gasteiger partial charge in [-0.2, -0.15) is 0 Å². The second-order valence-electron chi connectivity index (χ2n) is 6.18. The maximum atomic E-state index is 12.9. The highest BCUT2D eigenvalue weighted by Gasteiger charge is 2.39. The smallest absolute Gasteiger partial charge is 0.255 e. The lowest BCUT2D eigenvalue weighted by atomic mass is 10.0. The van der Waals surface area contributed by atoms with E-state index in [2.05, 4.69) is 26.1 Å². The van der Waals surface area contributed by atoms with E-state index in [1.807, 2.05) is 13.8 Å². The number of thioether (sulfide) groups is 1. The molecule has 0 aliphatic carbocycles. The summed E-state index contributed by atoms with van der Waals surface area (Å²) in [7, 11) is 0. The Hall–Kier alpha value is -2.24. The Labute approximate surface area is 189 Å². The number of nitrogens with zero attached hydrogens (tertiary/aromatic N) is 2. The van der Waals surface area contributed by atoms with E-state index in [0.717, 1.165) is 23.2 Å². The minimum atomic E-state index is -0.702. The summed E-state index contributed by atoms with van der Waals surface area (Å²) < 4.78 is 11.6. The molecule has 11 heteroatoms. The Balaban J connectivity index is 1.91. The molecule has 1 amide bonds. The molecule has 1 aromatic carbocycles. The Morgan fingerprint density at radius 3 is 2.73 bits per heavy atom. The van der Waals surface area contributed by atoms with Gasteiger partial charge < -0.3 is 15.2 Å². The van der Waals surface area contributed by atoms with Gasteiger partial charge in [0.15, 0.2) is 23.9 Å². The van der Waals surface area contributed by atoms with Gasteiger partial charge in [0.1, 0.15) is 15.9 Å². The van der Waals surface area contributed by atoms with Crippen LogP contribution in [0.1, 0.15) is 35.3 Å². The first-order valence-corrected chi connectivity index (χ1v) is 11.5. The van der Waals surface area contributed by atoms with Crippen LogP contribution in [0.2, 0.25) is 0 Å². The Morgan fingerprint density at radius 2 is 2.10 bits per heavy atom. The number of carbonyl (C=O) groups excluding carboxylic acids is 2. The number of hydrogen-bond donors (Lipinski definition) is 2. The SMILES string of the molecule is CCOc1cc(/C=C2\SC(=N)[C@@H](c3nnc(CC)s3)C2=O)cc(Br)c1OCC(N)=O. The minimum absolute atomic E-state index is 0.174. The molecule has 0 bridgehead atoms. The van der Waals surface area contributed by atoms with Gasteiger partial charge in [-0.1, -0.05) is 18.7 Å². The van der Waals surface area contributed by atoms with Crippen LogP contribution in [0.4, 0.5) is 0 Å². The fourth-order valence-electron chi connectivity index (χ4n) is 2.71. The third-order valence-corrected chi connectivity index (χ3v) is 6.72. The topological polar surface area (TPSA) is 128 Å². The van der Waals surface area contributed by atoms with Gasteiger partial charge in [0.25, 0.3) is 5.91 Å². The van der Waals surface area contributed by atoms with Crippen LogP contribution in [0.3, 0.4) is 0 Å². The van der Waals surface area contributed by atoms with E-state index >= 15 is 0 Å². The van der Waals surface area contributed by atoms with Crippen LogP contribution in [0.15, 0.2) is 21.5 Å². The molecule has 1 atom stereocenters. The molecule has 2 aromatic rings. The number of ether oxygens (including phenoxy) is 2. The highest BCUT2D eigenvalue weighted by Crippen LogP contribution is 2.43. The summed E-state index contributed by atoms with van der Waals surface area (Å²) in [6.07, 6.45) is 2.44. The molecule has 158 valence electrons. The molecule has 2 heterocycles. The number of Topliss-reactive ketones (excluding diaryl/α,β-unsaturated/α-hetero) is 1. The van der Waals surface area contributed by atoms with Gasteiger partial charge >= 0.3 is 0 Å². The molecule has 1 aliphatic heterocycles. The second kappa shape index (κ2) is 9.71. The predicted molar refractivity (Wildman–Crippen MR) is 120 cm³/mol.